The Balaban J connectivity index is 1.46. The Hall–Kier alpha value is -2.89. The molecule has 4 rings (SSSR count). The average molecular weight is 412 g/mol. The van der Waals surface area contributed by atoms with Crippen molar-refractivity contribution in [2.75, 3.05) is 13.2 Å². The molecule has 1 aliphatic carbocycles. The molecular weight excluding hydrogens is 393 g/mol. The zero-order valence-corrected chi connectivity index (χ0v) is 16.2. The number of amides is 1. The van der Waals surface area contributed by atoms with E-state index in [1.807, 2.05) is 36.4 Å². The van der Waals surface area contributed by atoms with Gasteiger partial charge in [0.25, 0.3) is 0 Å². The third-order valence-corrected chi connectivity index (χ3v) is 5.45. The number of hydrogen-bond acceptors (Lipinski definition) is 3. The molecule has 1 unspecified atom stereocenters. The van der Waals surface area contributed by atoms with Crippen LogP contribution in [0.3, 0.4) is 0 Å². The number of benzene rings is 3. The SMILES string of the molecule is O=C(NC(CO)c1ccc(F)c(Cl)c1)OCC1c2ccccc2-c2ccccc21. The standard InChI is InChI=1S/C23H19ClFNO3/c24-20-11-14(9-10-21(20)25)22(12-27)26-23(28)29-13-19-17-7-3-1-5-15(17)16-6-2-4-8-18(16)19/h1-11,19,22,27H,12-13H2,(H,26,28). The summed E-state index contributed by atoms with van der Waals surface area (Å²) in [6.45, 7) is -0.200. The Kier molecular flexibility index (Phi) is 5.51. The topological polar surface area (TPSA) is 58.6 Å². The Morgan fingerprint density at radius 1 is 1.07 bits per heavy atom. The lowest BCUT2D eigenvalue weighted by molar-refractivity contribution is 0.132. The molecule has 1 aliphatic rings. The second-order valence-corrected chi connectivity index (χ2v) is 7.29. The third-order valence-electron chi connectivity index (χ3n) is 5.16. The van der Waals surface area contributed by atoms with Crippen LogP contribution in [0.15, 0.2) is 66.7 Å². The largest absolute Gasteiger partial charge is 0.449 e. The second kappa shape index (κ2) is 8.23. The summed E-state index contributed by atoms with van der Waals surface area (Å²) in [5.41, 5.74) is 5.01. The molecule has 2 N–H and O–H groups in total. The van der Waals surface area contributed by atoms with Crippen molar-refractivity contribution in [2.45, 2.75) is 12.0 Å². The summed E-state index contributed by atoms with van der Waals surface area (Å²) in [4.78, 5) is 12.4. The van der Waals surface area contributed by atoms with Crippen molar-refractivity contribution in [1.29, 1.82) is 0 Å². The minimum Gasteiger partial charge on any atom is -0.449 e. The van der Waals surface area contributed by atoms with Crippen molar-refractivity contribution in [3.05, 3.63) is 94.3 Å². The van der Waals surface area contributed by atoms with Crippen LogP contribution in [0.4, 0.5) is 9.18 Å². The minimum absolute atomic E-state index is 0.0546. The number of hydrogen-bond donors (Lipinski definition) is 2. The number of carbonyl (C=O) groups excluding carboxylic acids is 1. The second-order valence-electron chi connectivity index (χ2n) is 6.88. The summed E-state index contributed by atoms with van der Waals surface area (Å²) in [7, 11) is 0. The molecule has 0 saturated carbocycles. The molecule has 148 valence electrons. The zero-order chi connectivity index (χ0) is 20.4. The van der Waals surface area contributed by atoms with Crippen LogP contribution < -0.4 is 5.32 Å². The predicted octanol–water partition coefficient (Wildman–Crippen LogP) is 5.05. The van der Waals surface area contributed by atoms with Crippen LogP contribution in [0.25, 0.3) is 11.1 Å². The highest BCUT2D eigenvalue weighted by Gasteiger charge is 2.29. The fourth-order valence-electron chi connectivity index (χ4n) is 3.75. The molecule has 3 aromatic rings. The smallest absolute Gasteiger partial charge is 0.407 e. The van der Waals surface area contributed by atoms with E-state index in [-0.39, 0.29) is 24.2 Å². The number of aliphatic hydroxyl groups is 1. The van der Waals surface area contributed by atoms with Crippen molar-refractivity contribution >= 4 is 17.7 Å². The molecule has 29 heavy (non-hydrogen) atoms. The first-order chi connectivity index (χ1) is 14.1. The maximum atomic E-state index is 13.4. The van der Waals surface area contributed by atoms with E-state index < -0.39 is 18.0 Å². The summed E-state index contributed by atoms with van der Waals surface area (Å²) in [6, 6.07) is 19.4. The van der Waals surface area contributed by atoms with Gasteiger partial charge >= 0.3 is 6.09 Å². The minimum atomic E-state index is -0.747. The molecule has 0 saturated heterocycles. The van der Waals surface area contributed by atoms with Crippen LogP contribution in [-0.4, -0.2) is 24.4 Å². The van der Waals surface area contributed by atoms with Gasteiger partial charge in [-0.3, -0.25) is 0 Å². The van der Waals surface area contributed by atoms with Crippen molar-refractivity contribution in [1.82, 2.24) is 5.32 Å². The van der Waals surface area contributed by atoms with Crippen LogP contribution in [0.2, 0.25) is 5.02 Å². The number of fused-ring (bicyclic) bond motifs is 3. The molecular formula is C23H19ClFNO3. The maximum absolute atomic E-state index is 13.4. The van der Waals surface area contributed by atoms with Crippen LogP contribution in [-0.2, 0) is 4.74 Å². The number of ether oxygens (including phenoxy) is 1. The van der Waals surface area contributed by atoms with Gasteiger partial charge in [0.15, 0.2) is 0 Å². The average Bonchev–Trinajstić information content (AvgIpc) is 3.06. The van der Waals surface area contributed by atoms with Gasteiger partial charge in [0.2, 0.25) is 0 Å². The first kappa shape index (κ1) is 19.4. The lowest BCUT2D eigenvalue weighted by atomic mass is 9.98. The molecule has 0 aromatic heterocycles. The van der Waals surface area contributed by atoms with Gasteiger partial charge in [0.05, 0.1) is 17.7 Å². The highest BCUT2D eigenvalue weighted by atomic mass is 35.5. The highest BCUT2D eigenvalue weighted by molar-refractivity contribution is 6.30. The Labute approximate surface area is 172 Å². The van der Waals surface area contributed by atoms with Gasteiger partial charge in [-0.1, -0.05) is 66.2 Å². The molecule has 1 amide bonds. The molecule has 0 radical (unpaired) electrons. The summed E-state index contributed by atoms with van der Waals surface area (Å²) < 4.78 is 18.8. The lowest BCUT2D eigenvalue weighted by Crippen LogP contribution is -2.32. The van der Waals surface area contributed by atoms with Crippen molar-refractivity contribution < 1.29 is 19.0 Å². The predicted molar refractivity (Wildman–Crippen MR) is 109 cm³/mol. The Morgan fingerprint density at radius 3 is 2.28 bits per heavy atom. The molecule has 0 aliphatic heterocycles. The van der Waals surface area contributed by atoms with E-state index in [1.165, 1.54) is 18.2 Å². The van der Waals surface area contributed by atoms with E-state index >= 15 is 0 Å². The van der Waals surface area contributed by atoms with Crippen molar-refractivity contribution in [2.24, 2.45) is 0 Å². The summed E-state index contributed by atoms with van der Waals surface area (Å²) in [6.07, 6.45) is -0.661. The molecule has 3 aromatic carbocycles. The summed E-state index contributed by atoms with van der Waals surface area (Å²) >= 11 is 5.79. The monoisotopic (exact) mass is 411 g/mol. The van der Waals surface area contributed by atoms with Crippen LogP contribution in [0, 0.1) is 5.82 Å². The van der Waals surface area contributed by atoms with Gasteiger partial charge in [-0.15, -0.1) is 0 Å². The Bertz CT molecular complexity index is 1010. The van der Waals surface area contributed by atoms with Crippen LogP contribution >= 0.6 is 11.6 Å². The molecule has 0 fully saturated rings. The number of alkyl carbamates (subject to hydrolysis) is 1. The van der Waals surface area contributed by atoms with Crippen molar-refractivity contribution in [3.8, 4) is 11.1 Å². The van der Waals surface area contributed by atoms with E-state index in [9.17, 15) is 14.3 Å². The molecule has 0 bridgehead atoms. The summed E-state index contributed by atoms with van der Waals surface area (Å²) in [5.74, 6) is -0.616. The van der Waals surface area contributed by atoms with Gasteiger partial charge in [0, 0.05) is 5.92 Å². The normalized spacial score (nSPS) is 13.5. The zero-order valence-electron chi connectivity index (χ0n) is 15.4. The van der Waals surface area contributed by atoms with Crippen molar-refractivity contribution in [3.63, 3.8) is 0 Å². The third kappa shape index (κ3) is 3.84. The Morgan fingerprint density at radius 2 is 1.69 bits per heavy atom. The van der Waals surface area contributed by atoms with Gasteiger partial charge in [-0.05, 0) is 39.9 Å². The van der Waals surface area contributed by atoms with Crippen LogP contribution in [0.1, 0.15) is 28.7 Å². The van der Waals surface area contributed by atoms with E-state index in [2.05, 4.69) is 17.4 Å². The van der Waals surface area contributed by atoms with E-state index in [0.717, 1.165) is 22.3 Å². The molecule has 0 spiro atoms. The number of aliphatic hydroxyl groups excluding tert-OH is 1. The molecule has 1 atom stereocenters. The number of carbonyl (C=O) groups is 1. The highest BCUT2D eigenvalue weighted by Crippen LogP contribution is 2.44. The number of nitrogens with one attached hydrogen (secondary N) is 1. The fourth-order valence-corrected chi connectivity index (χ4v) is 3.93. The van der Waals surface area contributed by atoms with Gasteiger partial charge in [-0.2, -0.15) is 0 Å². The van der Waals surface area contributed by atoms with Gasteiger partial charge in [-0.25, -0.2) is 9.18 Å². The maximum Gasteiger partial charge on any atom is 0.407 e. The number of rotatable bonds is 5. The van der Waals surface area contributed by atoms with E-state index in [1.54, 1.807) is 0 Å². The summed E-state index contributed by atoms with van der Waals surface area (Å²) in [5, 5.41) is 12.2. The molecule has 6 heteroatoms. The van der Waals surface area contributed by atoms with E-state index in [0.29, 0.717) is 5.56 Å². The van der Waals surface area contributed by atoms with E-state index in [4.69, 9.17) is 16.3 Å². The first-order valence-electron chi connectivity index (χ1n) is 9.26. The van der Waals surface area contributed by atoms with Gasteiger partial charge < -0.3 is 15.2 Å². The number of halogens is 2. The first-order valence-corrected chi connectivity index (χ1v) is 9.63. The fraction of sp³-hybridized carbons (Fsp3) is 0.174. The molecule has 0 heterocycles. The van der Waals surface area contributed by atoms with Gasteiger partial charge in [0.1, 0.15) is 12.4 Å². The molecule has 4 nitrogen and oxygen atoms in total. The van der Waals surface area contributed by atoms with Crippen LogP contribution in [0.5, 0.6) is 0 Å². The lowest BCUT2D eigenvalue weighted by Gasteiger charge is -2.19. The quantitative estimate of drug-likeness (QED) is 0.617.